The highest BCUT2D eigenvalue weighted by Crippen LogP contribution is 2.24. The number of benzene rings is 1. The highest BCUT2D eigenvalue weighted by Gasteiger charge is 2.22. The standard InChI is InChI=1S/C16H19F2N3O.ClH/c1-10(12-3-2-6-19-9-12)7-15-20-16(21-22-15)11-4-5-13(17)14(18)8-11;/h4-5,8,10,12,19H,2-3,6-7,9H2,1H3;1H. The molecule has 1 saturated heterocycles. The molecule has 0 saturated carbocycles. The van der Waals surface area contributed by atoms with Crippen LogP contribution in [0.3, 0.4) is 0 Å². The molecule has 2 heterocycles. The molecule has 0 bridgehead atoms. The zero-order chi connectivity index (χ0) is 15.5. The molecule has 2 unspecified atom stereocenters. The summed E-state index contributed by atoms with van der Waals surface area (Å²) in [6.45, 7) is 4.29. The summed E-state index contributed by atoms with van der Waals surface area (Å²) in [5, 5.41) is 7.26. The summed E-state index contributed by atoms with van der Waals surface area (Å²) in [5.74, 6) is 0.0792. The fourth-order valence-electron chi connectivity index (χ4n) is 2.90. The number of halogens is 3. The zero-order valence-corrected chi connectivity index (χ0v) is 13.7. The van der Waals surface area contributed by atoms with E-state index < -0.39 is 11.6 Å². The van der Waals surface area contributed by atoms with Gasteiger partial charge in [0.25, 0.3) is 0 Å². The molecule has 0 aliphatic carbocycles. The van der Waals surface area contributed by atoms with Crippen LogP contribution in [0, 0.1) is 23.5 Å². The minimum Gasteiger partial charge on any atom is -0.339 e. The van der Waals surface area contributed by atoms with Gasteiger partial charge in [-0.25, -0.2) is 8.78 Å². The summed E-state index contributed by atoms with van der Waals surface area (Å²) in [5.41, 5.74) is 0.417. The van der Waals surface area contributed by atoms with Crippen molar-refractivity contribution in [1.82, 2.24) is 15.5 Å². The van der Waals surface area contributed by atoms with Crippen LogP contribution in [0.15, 0.2) is 22.7 Å². The molecule has 2 aromatic rings. The van der Waals surface area contributed by atoms with Crippen molar-refractivity contribution in [2.45, 2.75) is 26.2 Å². The number of rotatable bonds is 4. The van der Waals surface area contributed by atoms with Crippen molar-refractivity contribution in [3.63, 3.8) is 0 Å². The van der Waals surface area contributed by atoms with Crippen molar-refractivity contribution < 1.29 is 13.3 Å². The van der Waals surface area contributed by atoms with Gasteiger partial charge in [0.05, 0.1) is 0 Å². The van der Waals surface area contributed by atoms with Crippen molar-refractivity contribution in [1.29, 1.82) is 0 Å². The van der Waals surface area contributed by atoms with Crippen molar-refractivity contribution in [3.8, 4) is 11.4 Å². The molecule has 7 heteroatoms. The summed E-state index contributed by atoms with van der Waals surface area (Å²) < 4.78 is 31.5. The lowest BCUT2D eigenvalue weighted by molar-refractivity contribution is 0.257. The number of hydrogen-bond donors (Lipinski definition) is 1. The first kappa shape index (κ1) is 17.8. The predicted octanol–water partition coefficient (Wildman–Crippen LogP) is 3.61. The van der Waals surface area contributed by atoms with E-state index in [1.807, 2.05) is 0 Å². The van der Waals surface area contributed by atoms with Gasteiger partial charge in [0.1, 0.15) is 0 Å². The zero-order valence-electron chi connectivity index (χ0n) is 12.9. The Morgan fingerprint density at radius 1 is 1.35 bits per heavy atom. The molecule has 1 aliphatic heterocycles. The first-order chi connectivity index (χ1) is 10.6. The molecule has 1 aromatic heterocycles. The van der Waals surface area contributed by atoms with Crippen LogP contribution in [0.4, 0.5) is 8.78 Å². The summed E-state index contributed by atoms with van der Waals surface area (Å²) in [6, 6.07) is 3.59. The van der Waals surface area contributed by atoms with E-state index in [9.17, 15) is 8.78 Å². The monoisotopic (exact) mass is 343 g/mol. The molecule has 1 aliphatic rings. The van der Waals surface area contributed by atoms with Crippen LogP contribution in [0.25, 0.3) is 11.4 Å². The molecule has 2 atom stereocenters. The van der Waals surface area contributed by atoms with Crippen molar-refractivity contribution in [3.05, 3.63) is 35.7 Å². The van der Waals surface area contributed by atoms with Gasteiger partial charge < -0.3 is 9.84 Å². The molecule has 126 valence electrons. The van der Waals surface area contributed by atoms with Crippen LogP contribution in [-0.2, 0) is 6.42 Å². The average molecular weight is 344 g/mol. The third-order valence-corrected chi connectivity index (χ3v) is 4.28. The second kappa shape index (κ2) is 7.84. The van der Waals surface area contributed by atoms with Crippen LogP contribution >= 0.6 is 12.4 Å². The molecule has 4 nitrogen and oxygen atoms in total. The summed E-state index contributed by atoms with van der Waals surface area (Å²) in [4.78, 5) is 4.30. The van der Waals surface area contributed by atoms with Gasteiger partial charge in [-0.3, -0.25) is 0 Å². The maximum absolute atomic E-state index is 13.3. The highest BCUT2D eigenvalue weighted by molar-refractivity contribution is 5.85. The molecule has 1 N–H and O–H groups in total. The van der Waals surface area contributed by atoms with E-state index in [1.165, 1.54) is 18.9 Å². The van der Waals surface area contributed by atoms with E-state index in [1.54, 1.807) is 0 Å². The van der Waals surface area contributed by atoms with Gasteiger partial charge in [-0.1, -0.05) is 12.1 Å². The Morgan fingerprint density at radius 3 is 2.87 bits per heavy atom. The Labute approximate surface area is 140 Å². The van der Waals surface area contributed by atoms with Crippen molar-refractivity contribution in [2.24, 2.45) is 11.8 Å². The topological polar surface area (TPSA) is 51.0 Å². The Balaban J connectivity index is 0.00000192. The van der Waals surface area contributed by atoms with Gasteiger partial charge in [-0.15, -0.1) is 12.4 Å². The Kier molecular flexibility index (Phi) is 6.07. The van der Waals surface area contributed by atoms with Crippen molar-refractivity contribution in [2.75, 3.05) is 13.1 Å². The average Bonchev–Trinajstić information content (AvgIpc) is 2.99. The SMILES string of the molecule is CC(Cc1nc(-c2ccc(F)c(F)c2)no1)C1CCCNC1.Cl. The maximum Gasteiger partial charge on any atom is 0.227 e. The third kappa shape index (κ3) is 4.26. The number of nitrogens with zero attached hydrogens (tertiary/aromatic N) is 2. The van der Waals surface area contributed by atoms with Gasteiger partial charge in [0, 0.05) is 12.0 Å². The van der Waals surface area contributed by atoms with Crippen LogP contribution in [0.5, 0.6) is 0 Å². The molecule has 23 heavy (non-hydrogen) atoms. The van der Waals surface area contributed by atoms with Gasteiger partial charge in [0.15, 0.2) is 11.6 Å². The Hall–Kier alpha value is -1.53. The first-order valence-corrected chi connectivity index (χ1v) is 7.62. The predicted molar refractivity (Wildman–Crippen MR) is 85.4 cm³/mol. The Morgan fingerprint density at radius 2 is 2.17 bits per heavy atom. The van der Waals surface area contributed by atoms with Crippen molar-refractivity contribution >= 4 is 12.4 Å². The Bertz CT molecular complexity index is 644. The summed E-state index contributed by atoms with van der Waals surface area (Å²) >= 11 is 0. The summed E-state index contributed by atoms with van der Waals surface area (Å²) in [6.07, 6.45) is 3.10. The van der Waals surface area contributed by atoms with Gasteiger partial charge >= 0.3 is 0 Å². The lowest BCUT2D eigenvalue weighted by Crippen LogP contribution is -2.33. The lowest BCUT2D eigenvalue weighted by Gasteiger charge is -2.27. The number of piperidine rings is 1. The molecule has 1 fully saturated rings. The van der Waals surface area contributed by atoms with E-state index in [2.05, 4.69) is 22.4 Å². The quantitative estimate of drug-likeness (QED) is 0.921. The second-order valence-corrected chi connectivity index (χ2v) is 5.93. The fraction of sp³-hybridized carbons (Fsp3) is 0.500. The highest BCUT2D eigenvalue weighted by atomic mass is 35.5. The van der Waals surface area contributed by atoms with E-state index in [0.717, 1.165) is 25.2 Å². The van der Waals surface area contributed by atoms with Gasteiger partial charge in [0.2, 0.25) is 11.7 Å². The van der Waals surface area contributed by atoms with Gasteiger partial charge in [-0.05, 0) is 56.0 Å². The van der Waals surface area contributed by atoms with Crippen LogP contribution in [0.1, 0.15) is 25.7 Å². The number of nitrogens with one attached hydrogen (secondary N) is 1. The van der Waals surface area contributed by atoms with E-state index in [4.69, 9.17) is 4.52 Å². The molecular weight excluding hydrogens is 324 g/mol. The second-order valence-electron chi connectivity index (χ2n) is 5.93. The molecule has 3 rings (SSSR count). The van der Waals surface area contributed by atoms with Crippen LogP contribution in [0.2, 0.25) is 0 Å². The molecule has 0 radical (unpaired) electrons. The van der Waals surface area contributed by atoms with Crippen LogP contribution in [-0.4, -0.2) is 23.2 Å². The number of hydrogen-bond acceptors (Lipinski definition) is 4. The largest absolute Gasteiger partial charge is 0.339 e. The van der Waals surface area contributed by atoms with E-state index in [-0.39, 0.29) is 12.4 Å². The molecule has 0 amide bonds. The van der Waals surface area contributed by atoms with Gasteiger partial charge in [-0.2, -0.15) is 4.98 Å². The lowest BCUT2D eigenvalue weighted by atomic mass is 9.85. The summed E-state index contributed by atoms with van der Waals surface area (Å²) in [7, 11) is 0. The van der Waals surface area contributed by atoms with Crippen LogP contribution < -0.4 is 5.32 Å². The maximum atomic E-state index is 13.3. The molecule has 0 spiro atoms. The molecular formula is C16H20ClF2N3O. The minimum atomic E-state index is -0.912. The third-order valence-electron chi connectivity index (χ3n) is 4.28. The van der Waals surface area contributed by atoms with E-state index >= 15 is 0 Å². The fourth-order valence-corrected chi connectivity index (χ4v) is 2.90. The smallest absolute Gasteiger partial charge is 0.227 e. The normalized spacial score (nSPS) is 19.2. The number of aromatic nitrogens is 2. The van der Waals surface area contributed by atoms with E-state index in [0.29, 0.717) is 35.5 Å². The minimum absolute atomic E-state index is 0. The first-order valence-electron chi connectivity index (χ1n) is 7.62. The molecule has 1 aromatic carbocycles.